The van der Waals surface area contributed by atoms with E-state index in [1.165, 1.54) is 0 Å². The molecule has 1 aliphatic rings. The Kier molecular flexibility index (Phi) is 3.81. The summed E-state index contributed by atoms with van der Waals surface area (Å²) in [5, 5.41) is 0. The first-order chi connectivity index (χ1) is 8.08. The van der Waals surface area contributed by atoms with Crippen LogP contribution in [0.2, 0.25) is 0 Å². The number of benzene rings is 1. The molecule has 5 heteroatoms. The maximum absolute atomic E-state index is 12.0. The summed E-state index contributed by atoms with van der Waals surface area (Å²) in [6.45, 7) is 2.98. The first-order valence-corrected chi connectivity index (χ1v) is 7.26. The van der Waals surface area contributed by atoms with Crippen LogP contribution in [-0.4, -0.2) is 33.7 Å². The second-order valence-corrected chi connectivity index (χ2v) is 6.20. The zero-order chi connectivity index (χ0) is 12.3. The van der Waals surface area contributed by atoms with Gasteiger partial charge in [-0.25, -0.2) is 8.42 Å². The fraction of sp³-hybridized carbons (Fsp3) is 0.500. The van der Waals surface area contributed by atoms with Crippen molar-refractivity contribution in [2.45, 2.75) is 24.5 Å². The zero-order valence-electron chi connectivity index (χ0n) is 9.76. The fourth-order valence-corrected chi connectivity index (χ4v) is 3.14. The van der Waals surface area contributed by atoms with E-state index in [4.69, 9.17) is 9.47 Å². The Morgan fingerprint density at radius 3 is 2.65 bits per heavy atom. The molecule has 1 aromatic rings. The molecule has 0 saturated carbocycles. The Bertz CT molecular complexity index is 475. The standard InChI is InChI=1S/C12H16O4S/c1-10-3-2-4-11(9-10)17(13,14)8-5-12-15-6-7-16-12/h2-4,9,12H,5-8H2,1H3. The van der Waals surface area contributed by atoms with Crippen LogP contribution in [0.4, 0.5) is 0 Å². The molecule has 17 heavy (non-hydrogen) atoms. The molecule has 0 radical (unpaired) electrons. The maximum atomic E-state index is 12.0. The number of rotatable bonds is 4. The highest BCUT2D eigenvalue weighted by Crippen LogP contribution is 2.16. The van der Waals surface area contributed by atoms with Gasteiger partial charge in [-0.05, 0) is 24.6 Å². The number of aryl methyl sites for hydroxylation is 1. The lowest BCUT2D eigenvalue weighted by Gasteiger charge is -2.09. The normalized spacial score (nSPS) is 17.5. The molecule has 0 spiro atoms. The van der Waals surface area contributed by atoms with E-state index >= 15 is 0 Å². The van der Waals surface area contributed by atoms with Crippen LogP contribution in [0, 0.1) is 6.92 Å². The van der Waals surface area contributed by atoms with Gasteiger partial charge in [0.25, 0.3) is 0 Å². The average Bonchev–Trinajstić information content (AvgIpc) is 2.79. The molecule has 1 fully saturated rings. The van der Waals surface area contributed by atoms with Crippen LogP contribution >= 0.6 is 0 Å². The van der Waals surface area contributed by atoms with E-state index in [0.29, 0.717) is 24.5 Å². The van der Waals surface area contributed by atoms with Crippen molar-refractivity contribution in [2.24, 2.45) is 0 Å². The predicted molar refractivity (Wildman–Crippen MR) is 63.5 cm³/mol. The van der Waals surface area contributed by atoms with Crippen molar-refractivity contribution in [1.29, 1.82) is 0 Å². The second-order valence-electron chi connectivity index (χ2n) is 4.10. The molecule has 0 aliphatic carbocycles. The number of hydrogen-bond acceptors (Lipinski definition) is 4. The lowest BCUT2D eigenvalue weighted by atomic mass is 10.2. The summed E-state index contributed by atoms with van der Waals surface area (Å²) in [6.07, 6.45) is 0.0191. The Morgan fingerprint density at radius 1 is 1.29 bits per heavy atom. The number of ether oxygens (including phenoxy) is 2. The minimum atomic E-state index is -3.23. The van der Waals surface area contributed by atoms with Crippen LogP contribution in [0.1, 0.15) is 12.0 Å². The van der Waals surface area contributed by atoms with E-state index in [0.717, 1.165) is 5.56 Å². The van der Waals surface area contributed by atoms with E-state index in [1.807, 2.05) is 13.0 Å². The van der Waals surface area contributed by atoms with Gasteiger partial charge in [0.1, 0.15) is 0 Å². The maximum Gasteiger partial charge on any atom is 0.178 e. The largest absolute Gasteiger partial charge is 0.350 e. The fourth-order valence-electron chi connectivity index (χ4n) is 1.75. The second kappa shape index (κ2) is 5.16. The molecule has 1 heterocycles. The average molecular weight is 256 g/mol. The molecule has 0 atom stereocenters. The lowest BCUT2D eigenvalue weighted by molar-refractivity contribution is -0.0424. The molecule has 2 rings (SSSR count). The molecule has 0 aromatic heterocycles. The molecule has 4 nitrogen and oxygen atoms in total. The van der Waals surface area contributed by atoms with Gasteiger partial charge < -0.3 is 9.47 Å². The summed E-state index contributed by atoms with van der Waals surface area (Å²) in [7, 11) is -3.23. The van der Waals surface area contributed by atoms with Gasteiger partial charge in [0.15, 0.2) is 16.1 Å². The topological polar surface area (TPSA) is 52.6 Å². The summed E-state index contributed by atoms with van der Waals surface area (Å²) in [6, 6.07) is 6.94. The van der Waals surface area contributed by atoms with E-state index in [9.17, 15) is 8.42 Å². The number of sulfone groups is 1. The van der Waals surface area contributed by atoms with Crippen molar-refractivity contribution in [3.05, 3.63) is 29.8 Å². The summed E-state index contributed by atoms with van der Waals surface area (Å²) in [5.41, 5.74) is 0.944. The third-order valence-corrected chi connectivity index (χ3v) is 4.41. The van der Waals surface area contributed by atoms with Gasteiger partial charge in [-0.2, -0.15) is 0 Å². The van der Waals surface area contributed by atoms with Crippen molar-refractivity contribution in [3.8, 4) is 0 Å². The first-order valence-electron chi connectivity index (χ1n) is 5.60. The van der Waals surface area contributed by atoms with E-state index < -0.39 is 9.84 Å². The molecule has 1 saturated heterocycles. The Balaban J connectivity index is 2.03. The van der Waals surface area contributed by atoms with Crippen molar-refractivity contribution in [1.82, 2.24) is 0 Å². The van der Waals surface area contributed by atoms with Crippen molar-refractivity contribution in [3.63, 3.8) is 0 Å². The van der Waals surface area contributed by atoms with E-state index in [2.05, 4.69) is 0 Å². The van der Waals surface area contributed by atoms with Gasteiger partial charge >= 0.3 is 0 Å². The monoisotopic (exact) mass is 256 g/mol. The summed E-state index contributed by atoms with van der Waals surface area (Å²) in [4.78, 5) is 0.371. The summed E-state index contributed by atoms with van der Waals surface area (Å²) < 4.78 is 34.5. The molecule has 0 unspecified atom stereocenters. The van der Waals surface area contributed by atoms with Crippen molar-refractivity contribution < 1.29 is 17.9 Å². The Morgan fingerprint density at radius 2 is 2.00 bits per heavy atom. The van der Waals surface area contributed by atoms with Gasteiger partial charge in [-0.3, -0.25) is 0 Å². The third-order valence-electron chi connectivity index (χ3n) is 2.66. The van der Waals surface area contributed by atoms with E-state index in [-0.39, 0.29) is 12.0 Å². The first kappa shape index (κ1) is 12.5. The SMILES string of the molecule is Cc1cccc(S(=O)(=O)CCC2OCCO2)c1. The van der Waals surface area contributed by atoms with Gasteiger partial charge in [0.2, 0.25) is 0 Å². The summed E-state index contributed by atoms with van der Waals surface area (Å²) in [5.74, 6) is 0.0567. The molecule has 1 aliphatic heterocycles. The Labute approximate surface area is 101 Å². The highest BCUT2D eigenvalue weighted by atomic mass is 32.2. The molecule has 0 bridgehead atoms. The minimum absolute atomic E-state index is 0.0567. The lowest BCUT2D eigenvalue weighted by Crippen LogP contribution is -2.15. The van der Waals surface area contributed by atoms with E-state index in [1.54, 1.807) is 18.2 Å². The minimum Gasteiger partial charge on any atom is -0.350 e. The van der Waals surface area contributed by atoms with Gasteiger partial charge in [0.05, 0.1) is 23.9 Å². The van der Waals surface area contributed by atoms with Gasteiger partial charge in [0, 0.05) is 6.42 Å². The summed E-state index contributed by atoms with van der Waals surface area (Å²) >= 11 is 0. The Hall–Kier alpha value is -0.910. The highest BCUT2D eigenvalue weighted by Gasteiger charge is 2.21. The van der Waals surface area contributed by atoms with Crippen LogP contribution in [0.3, 0.4) is 0 Å². The molecular weight excluding hydrogens is 240 g/mol. The van der Waals surface area contributed by atoms with Crippen LogP contribution in [-0.2, 0) is 19.3 Å². The van der Waals surface area contributed by atoms with Crippen molar-refractivity contribution >= 4 is 9.84 Å². The number of hydrogen-bond donors (Lipinski definition) is 0. The van der Waals surface area contributed by atoms with Crippen LogP contribution < -0.4 is 0 Å². The predicted octanol–water partition coefficient (Wildman–Crippen LogP) is 1.53. The van der Waals surface area contributed by atoms with Gasteiger partial charge in [-0.1, -0.05) is 12.1 Å². The van der Waals surface area contributed by atoms with Crippen LogP contribution in [0.25, 0.3) is 0 Å². The zero-order valence-corrected chi connectivity index (χ0v) is 10.6. The third kappa shape index (κ3) is 3.28. The van der Waals surface area contributed by atoms with Crippen molar-refractivity contribution in [2.75, 3.05) is 19.0 Å². The molecular formula is C12H16O4S. The smallest absolute Gasteiger partial charge is 0.178 e. The quantitative estimate of drug-likeness (QED) is 0.820. The molecule has 94 valence electrons. The van der Waals surface area contributed by atoms with Crippen LogP contribution in [0.15, 0.2) is 29.2 Å². The van der Waals surface area contributed by atoms with Crippen LogP contribution in [0.5, 0.6) is 0 Å². The highest BCUT2D eigenvalue weighted by molar-refractivity contribution is 7.91. The molecule has 0 N–H and O–H groups in total. The van der Waals surface area contributed by atoms with Gasteiger partial charge in [-0.15, -0.1) is 0 Å². The molecule has 0 amide bonds. The molecule has 1 aromatic carbocycles.